The molecule has 2 aromatic rings. The van der Waals surface area contributed by atoms with E-state index in [0.717, 1.165) is 30.8 Å². The van der Waals surface area contributed by atoms with Gasteiger partial charge in [-0.05, 0) is 30.5 Å². The van der Waals surface area contributed by atoms with Gasteiger partial charge >= 0.3 is 0 Å². The molecule has 1 aliphatic heterocycles. The molecule has 0 aliphatic carbocycles. The Morgan fingerprint density at radius 2 is 1.88 bits per heavy atom. The first-order valence-electron chi connectivity index (χ1n) is 9.07. The number of rotatable bonds is 6. The highest BCUT2D eigenvalue weighted by atomic mass is 16.5. The Hall–Kier alpha value is -2.59. The van der Waals surface area contributed by atoms with E-state index in [2.05, 4.69) is 40.6 Å². The Labute approximate surface area is 155 Å². The summed E-state index contributed by atoms with van der Waals surface area (Å²) in [5, 5.41) is 3.03. The molecule has 0 spiro atoms. The Bertz CT molecular complexity index is 771. The normalized spacial score (nSPS) is 15.8. The molecule has 0 unspecified atom stereocenters. The number of benzene rings is 2. The van der Waals surface area contributed by atoms with Crippen LogP contribution in [0, 0.1) is 0 Å². The third-order valence-corrected chi connectivity index (χ3v) is 4.96. The van der Waals surface area contributed by atoms with Crippen LogP contribution in [-0.2, 0) is 11.3 Å². The Morgan fingerprint density at radius 3 is 2.58 bits per heavy atom. The minimum Gasteiger partial charge on any atom is -0.496 e. The van der Waals surface area contributed by atoms with E-state index >= 15 is 0 Å². The van der Waals surface area contributed by atoms with Crippen LogP contribution in [0.15, 0.2) is 60.7 Å². The van der Waals surface area contributed by atoms with E-state index in [-0.39, 0.29) is 11.9 Å². The molecule has 0 fully saturated rings. The SMILES string of the molecule is COc1ccccc1CNC(=O)[C@@H](C)N1CC=C(c2ccccc2)CC1. The maximum Gasteiger partial charge on any atom is 0.237 e. The molecular formula is C22H26N2O2. The van der Waals surface area contributed by atoms with E-state index in [1.807, 2.05) is 37.3 Å². The van der Waals surface area contributed by atoms with Gasteiger partial charge in [-0.1, -0.05) is 54.6 Å². The molecule has 4 nitrogen and oxygen atoms in total. The van der Waals surface area contributed by atoms with Crippen molar-refractivity contribution in [2.75, 3.05) is 20.2 Å². The van der Waals surface area contributed by atoms with Crippen LogP contribution in [-0.4, -0.2) is 37.0 Å². The minimum atomic E-state index is -0.154. The number of ether oxygens (including phenoxy) is 1. The predicted octanol–water partition coefficient (Wildman–Crippen LogP) is 3.49. The number of nitrogens with one attached hydrogen (secondary N) is 1. The van der Waals surface area contributed by atoms with Gasteiger partial charge in [0, 0.05) is 25.2 Å². The van der Waals surface area contributed by atoms with Gasteiger partial charge in [0.25, 0.3) is 0 Å². The van der Waals surface area contributed by atoms with Gasteiger partial charge in [-0.3, -0.25) is 9.69 Å². The summed E-state index contributed by atoms with van der Waals surface area (Å²) in [6.45, 7) is 4.14. The fraction of sp³-hybridized carbons (Fsp3) is 0.318. The van der Waals surface area contributed by atoms with E-state index < -0.39 is 0 Å². The maximum atomic E-state index is 12.6. The van der Waals surface area contributed by atoms with Gasteiger partial charge in [0.1, 0.15) is 5.75 Å². The highest BCUT2D eigenvalue weighted by Gasteiger charge is 2.23. The molecule has 3 rings (SSSR count). The molecule has 136 valence electrons. The zero-order chi connectivity index (χ0) is 18.4. The zero-order valence-corrected chi connectivity index (χ0v) is 15.4. The van der Waals surface area contributed by atoms with Gasteiger partial charge in [0.05, 0.1) is 13.2 Å². The van der Waals surface area contributed by atoms with E-state index in [1.54, 1.807) is 7.11 Å². The summed E-state index contributed by atoms with van der Waals surface area (Å²) < 4.78 is 5.34. The van der Waals surface area contributed by atoms with Crippen molar-refractivity contribution in [2.24, 2.45) is 0 Å². The summed E-state index contributed by atoms with van der Waals surface area (Å²) >= 11 is 0. The highest BCUT2D eigenvalue weighted by Crippen LogP contribution is 2.23. The number of carbonyl (C=O) groups is 1. The van der Waals surface area contributed by atoms with Crippen LogP contribution in [0.4, 0.5) is 0 Å². The van der Waals surface area contributed by atoms with Gasteiger partial charge in [0.15, 0.2) is 0 Å². The van der Waals surface area contributed by atoms with Crippen molar-refractivity contribution >= 4 is 11.5 Å². The third-order valence-electron chi connectivity index (χ3n) is 4.96. The fourth-order valence-electron chi connectivity index (χ4n) is 3.30. The minimum absolute atomic E-state index is 0.0486. The predicted molar refractivity (Wildman–Crippen MR) is 105 cm³/mol. The molecule has 26 heavy (non-hydrogen) atoms. The lowest BCUT2D eigenvalue weighted by atomic mass is 9.99. The van der Waals surface area contributed by atoms with Crippen LogP contribution < -0.4 is 10.1 Å². The molecule has 1 amide bonds. The van der Waals surface area contributed by atoms with Crippen molar-refractivity contribution in [3.63, 3.8) is 0 Å². The average molecular weight is 350 g/mol. The van der Waals surface area contributed by atoms with Gasteiger partial charge in [-0.2, -0.15) is 0 Å². The van der Waals surface area contributed by atoms with E-state index in [4.69, 9.17) is 4.74 Å². The number of amides is 1. The lowest BCUT2D eigenvalue weighted by molar-refractivity contribution is -0.125. The first-order valence-corrected chi connectivity index (χ1v) is 9.07. The molecule has 0 radical (unpaired) electrons. The first-order chi connectivity index (χ1) is 12.7. The molecule has 1 atom stereocenters. The monoisotopic (exact) mass is 350 g/mol. The fourth-order valence-corrected chi connectivity index (χ4v) is 3.30. The first kappa shape index (κ1) is 18.2. The second-order valence-corrected chi connectivity index (χ2v) is 6.55. The summed E-state index contributed by atoms with van der Waals surface area (Å²) in [6, 6.07) is 18.1. The van der Waals surface area contributed by atoms with Crippen molar-refractivity contribution in [1.82, 2.24) is 10.2 Å². The molecule has 0 saturated heterocycles. The van der Waals surface area contributed by atoms with Crippen molar-refractivity contribution in [2.45, 2.75) is 25.9 Å². The molecule has 1 aliphatic rings. The number of carbonyl (C=O) groups excluding carboxylic acids is 1. The largest absolute Gasteiger partial charge is 0.496 e. The van der Waals surface area contributed by atoms with Crippen LogP contribution >= 0.6 is 0 Å². The van der Waals surface area contributed by atoms with Gasteiger partial charge in [0.2, 0.25) is 5.91 Å². The van der Waals surface area contributed by atoms with Crippen LogP contribution in [0.2, 0.25) is 0 Å². The highest BCUT2D eigenvalue weighted by molar-refractivity contribution is 5.81. The molecule has 0 aromatic heterocycles. The molecule has 0 saturated carbocycles. The maximum absolute atomic E-state index is 12.6. The number of hydrogen-bond acceptors (Lipinski definition) is 3. The molecular weight excluding hydrogens is 324 g/mol. The number of nitrogens with zero attached hydrogens (tertiary/aromatic N) is 1. The van der Waals surface area contributed by atoms with Crippen molar-refractivity contribution in [1.29, 1.82) is 0 Å². The van der Waals surface area contributed by atoms with Crippen molar-refractivity contribution in [3.8, 4) is 5.75 Å². The lowest BCUT2D eigenvalue weighted by Gasteiger charge is -2.31. The zero-order valence-electron chi connectivity index (χ0n) is 15.4. The Kier molecular flexibility index (Phi) is 6.08. The van der Waals surface area contributed by atoms with Crippen LogP contribution in [0.3, 0.4) is 0 Å². The molecule has 0 bridgehead atoms. The number of hydrogen-bond donors (Lipinski definition) is 1. The second-order valence-electron chi connectivity index (χ2n) is 6.55. The van der Waals surface area contributed by atoms with E-state index in [0.29, 0.717) is 6.54 Å². The van der Waals surface area contributed by atoms with Crippen molar-refractivity contribution in [3.05, 3.63) is 71.8 Å². The standard InChI is InChI=1S/C22H26N2O2/c1-17(22(25)23-16-20-10-6-7-11-21(20)26-2)24-14-12-19(13-15-24)18-8-4-3-5-9-18/h3-12,17H,13-16H2,1-2H3,(H,23,25)/t17-/m1/s1. The summed E-state index contributed by atoms with van der Waals surface area (Å²) in [4.78, 5) is 14.8. The topological polar surface area (TPSA) is 41.6 Å². The molecule has 1 heterocycles. The summed E-state index contributed by atoms with van der Waals surface area (Å²) in [5.74, 6) is 0.848. The van der Waals surface area contributed by atoms with Gasteiger partial charge in [-0.15, -0.1) is 0 Å². The van der Waals surface area contributed by atoms with Crippen molar-refractivity contribution < 1.29 is 9.53 Å². The second kappa shape index (κ2) is 8.68. The number of para-hydroxylation sites is 1. The van der Waals surface area contributed by atoms with Gasteiger partial charge < -0.3 is 10.1 Å². The summed E-state index contributed by atoms with van der Waals surface area (Å²) in [5.41, 5.74) is 3.63. The van der Waals surface area contributed by atoms with Gasteiger partial charge in [-0.25, -0.2) is 0 Å². The molecule has 4 heteroatoms. The number of methoxy groups -OCH3 is 1. The van der Waals surface area contributed by atoms with Crippen LogP contribution in [0.1, 0.15) is 24.5 Å². The Balaban J connectivity index is 1.55. The lowest BCUT2D eigenvalue weighted by Crippen LogP contribution is -2.46. The van der Waals surface area contributed by atoms with E-state index in [9.17, 15) is 4.79 Å². The van der Waals surface area contributed by atoms with E-state index in [1.165, 1.54) is 11.1 Å². The molecule has 1 N–H and O–H groups in total. The van der Waals surface area contributed by atoms with Crippen LogP contribution in [0.25, 0.3) is 5.57 Å². The molecule has 2 aromatic carbocycles. The van der Waals surface area contributed by atoms with Crippen LogP contribution in [0.5, 0.6) is 5.75 Å². The third kappa shape index (κ3) is 4.33. The smallest absolute Gasteiger partial charge is 0.237 e. The summed E-state index contributed by atoms with van der Waals surface area (Å²) in [7, 11) is 1.65. The quantitative estimate of drug-likeness (QED) is 0.867. The Morgan fingerprint density at radius 1 is 1.15 bits per heavy atom. The average Bonchev–Trinajstić information content (AvgIpc) is 2.72. The summed E-state index contributed by atoms with van der Waals surface area (Å²) in [6.07, 6.45) is 3.21.